The van der Waals surface area contributed by atoms with Crippen LogP contribution in [0.15, 0.2) is 82.6 Å². The first kappa shape index (κ1) is 27.3. The molecular weight excluding hydrogens is 502 g/mol. The van der Waals surface area contributed by atoms with Crippen LogP contribution in [0.2, 0.25) is 0 Å². The lowest BCUT2D eigenvalue weighted by molar-refractivity contribution is 0.0950. The van der Waals surface area contributed by atoms with Crippen LogP contribution in [-0.2, 0) is 33.0 Å². The molecule has 11 heteroatoms. The van der Waals surface area contributed by atoms with Crippen molar-refractivity contribution in [2.75, 3.05) is 27.7 Å². The molecule has 0 fully saturated rings. The summed E-state index contributed by atoms with van der Waals surface area (Å²) in [5.41, 5.74) is 1.82. The van der Waals surface area contributed by atoms with Crippen molar-refractivity contribution in [1.29, 1.82) is 0 Å². The van der Waals surface area contributed by atoms with E-state index in [1.54, 1.807) is 12.1 Å². The third-order valence-electron chi connectivity index (χ3n) is 5.42. The van der Waals surface area contributed by atoms with Crippen molar-refractivity contribution in [3.05, 3.63) is 89.5 Å². The number of ether oxygens (including phenoxy) is 1. The minimum Gasteiger partial charge on any atom is -0.495 e. The third-order valence-corrected chi connectivity index (χ3v) is 8.73. The van der Waals surface area contributed by atoms with Crippen molar-refractivity contribution < 1.29 is 26.4 Å². The van der Waals surface area contributed by atoms with E-state index in [9.17, 15) is 21.6 Å². The van der Waals surface area contributed by atoms with Crippen LogP contribution in [-0.4, -0.2) is 54.8 Å². The molecule has 0 spiro atoms. The number of nitrogens with one attached hydrogen (secondary N) is 2. The summed E-state index contributed by atoms with van der Waals surface area (Å²) in [5, 5.41) is 2.72. The average Bonchev–Trinajstić information content (AvgIpc) is 2.87. The Morgan fingerprint density at radius 2 is 1.56 bits per heavy atom. The van der Waals surface area contributed by atoms with Crippen molar-refractivity contribution in [2.45, 2.75) is 22.8 Å². The summed E-state index contributed by atoms with van der Waals surface area (Å²) in [6.07, 6.45) is 0.511. The summed E-state index contributed by atoms with van der Waals surface area (Å²) in [7, 11) is -3.22. The Labute approximate surface area is 212 Å². The largest absolute Gasteiger partial charge is 0.495 e. The van der Waals surface area contributed by atoms with E-state index in [4.69, 9.17) is 4.74 Å². The van der Waals surface area contributed by atoms with Crippen LogP contribution >= 0.6 is 0 Å². The molecule has 192 valence electrons. The maximum Gasteiger partial charge on any atom is 0.251 e. The number of carbonyl (C=O) groups is 1. The zero-order valence-electron chi connectivity index (χ0n) is 20.3. The SMILES string of the molecule is COc1ccc(C(=O)NCc2ccc(S(=O)(=O)N(C)C)cc2)cc1S(=O)(=O)NCCc1ccccc1. The first-order valence-corrected chi connectivity index (χ1v) is 14.0. The Morgan fingerprint density at radius 1 is 0.889 bits per heavy atom. The molecule has 0 radical (unpaired) electrons. The van der Waals surface area contributed by atoms with E-state index in [2.05, 4.69) is 10.0 Å². The Kier molecular flexibility index (Phi) is 8.85. The molecule has 0 bridgehead atoms. The van der Waals surface area contributed by atoms with Crippen molar-refractivity contribution in [2.24, 2.45) is 0 Å². The maximum absolute atomic E-state index is 12.9. The van der Waals surface area contributed by atoms with Gasteiger partial charge in [0.1, 0.15) is 10.6 Å². The van der Waals surface area contributed by atoms with Gasteiger partial charge in [0.25, 0.3) is 5.91 Å². The fourth-order valence-corrected chi connectivity index (χ4v) is 5.48. The number of hydrogen-bond acceptors (Lipinski definition) is 6. The van der Waals surface area contributed by atoms with Gasteiger partial charge in [-0.1, -0.05) is 42.5 Å². The van der Waals surface area contributed by atoms with Crippen LogP contribution in [0.3, 0.4) is 0 Å². The first-order chi connectivity index (χ1) is 17.0. The minimum absolute atomic E-state index is 0.122. The zero-order chi connectivity index (χ0) is 26.3. The summed E-state index contributed by atoms with van der Waals surface area (Å²) >= 11 is 0. The molecule has 0 aliphatic heterocycles. The van der Waals surface area contributed by atoms with Crippen LogP contribution in [0.25, 0.3) is 0 Å². The number of methoxy groups -OCH3 is 1. The molecule has 3 aromatic carbocycles. The van der Waals surface area contributed by atoms with E-state index in [0.29, 0.717) is 12.0 Å². The van der Waals surface area contributed by atoms with Gasteiger partial charge in [0.15, 0.2) is 0 Å². The molecule has 0 unspecified atom stereocenters. The van der Waals surface area contributed by atoms with E-state index in [0.717, 1.165) is 9.87 Å². The highest BCUT2D eigenvalue weighted by atomic mass is 32.2. The molecule has 0 aromatic heterocycles. The van der Waals surface area contributed by atoms with E-state index in [1.807, 2.05) is 30.3 Å². The quantitative estimate of drug-likeness (QED) is 0.392. The standard InChI is InChI=1S/C25H29N3O6S2/c1-28(2)36(32,33)22-12-9-20(10-13-22)18-26-25(29)21-11-14-23(34-3)24(17-21)35(30,31)27-16-15-19-7-5-4-6-8-19/h4-14,17,27H,15-16,18H2,1-3H3,(H,26,29). The molecule has 0 aliphatic rings. The molecule has 3 aromatic rings. The van der Waals surface area contributed by atoms with Gasteiger partial charge in [-0.3, -0.25) is 4.79 Å². The number of hydrogen-bond donors (Lipinski definition) is 2. The lowest BCUT2D eigenvalue weighted by Gasteiger charge is -2.13. The highest BCUT2D eigenvalue weighted by Gasteiger charge is 2.22. The second-order valence-corrected chi connectivity index (χ2v) is 12.0. The number of benzene rings is 3. The van der Waals surface area contributed by atoms with Gasteiger partial charge < -0.3 is 10.1 Å². The summed E-state index contributed by atoms with van der Waals surface area (Å²) in [6.45, 7) is 0.316. The second kappa shape index (κ2) is 11.7. The smallest absolute Gasteiger partial charge is 0.251 e. The van der Waals surface area contributed by atoms with Gasteiger partial charge in [-0.15, -0.1) is 0 Å². The van der Waals surface area contributed by atoms with E-state index >= 15 is 0 Å². The zero-order valence-corrected chi connectivity index (χ0v) is 21.9. The topological polar surface area (TPSA) is 122 Å². The Morgan fingerprint density at radius 3 is 2.17 bits per heavy atom. The van der Waals surface area contributed by atoms with E-state index in [-0.39, 0.29) is 34.2 Å². The van der Waals surface area contributed by atoms with Gasteiger partial charge in [-0.25, -0.2) is 25.9 Å². The summed E-state index contributed by atoms with van der Waals surface area (Å²) in [6, 6.07) is 19.8. The maximum atomic E-state index is 12.9. The summed E-state index contributed by atoms with van der Waals surface area (Å²) in [5.74, 6) is -0.361. The fraction of sp³-hybridized carbons (Fsp3) is 0.240. The highest BCUT2D eigenvalue weighted by Crippen LogP contribution is 2.25. The Balaban J connectivity index is 1.69. The van der Waals surface area contributed by atoms with Gasteiger partial charge in [0, 0.05) is 32.7 Å². The van der Waals surface area contributed by atoms with Crippen molar-refractivity contribution >= 4 is 26.0 Å². The number of rotatable bonds is 11. The molecule has 3 rings (SSSR count). The van der Waals surface area contributed by atoms with Crippen molar-refractivity contribution in [3.8, 4) is 5.75 Å². The number of amides is 1. The van der Waals surface area contributed by atoms with E-state index in [1.165, 1.54) is 51.5 Å². The molecule has 0 aliphatic carbocycles. The first-order valence-electron chi connectivity index (χ1n) is 11.1. The van der Waals surface area contributed by atoms with Crippen molar-refractivity contribution in [3.63, 3.8) is 0 Å². The lowest BCUT2D eigenvalue weighted by atomic mass is 10.2. The van der Waals surface area contributed by atoms with Crippen LogP contribution in [0.1, 0.15) is 21.5 Å². The normalized spacial score (nSPS) is 11.9. The summed E-state index contributed by atoms with van der Waals surface area (Å²) in [4.78, 5) is 12.8. The van der Waals surface area contributed by atoms with Gasteiger partial charge in [0.2, 0.25) is 20.0 Å². The van der Waals surface area contributed by atoms with Crippen LogP contribution in [0.4, 0.5) is 0 Å². The van der Waals surface area contributed by atoms with Crippen LogP contribution < -0.4 is 14.8 Å². The minimum atomic E-state index is -3.94. The van der Waals surface area contributed by atoms with Gasteiger partial charge in [-0.05, 0) is 47.9 Å². The molecule has 0 saturated heterocycles. The van der Waals surface area contributed by atoms with Crippen LogP contribution in [0.5, 0.6) is 5.75 Å². The van der Waals surface area contributed by atoms with Crippen LogP contribution in [0, 0.1) is 0 Å². The monoisotopic (exact) mass is 531 g/mol. The number of carbonyl (C=O) groups excluding carboxylic acids is 1. The fourth-order valence-electron chi connectivity index (χ4n) is 3.35. The number of nitrogens with zero attached hydrogens (tertiary/aromatic N) is 1. The highest BCUT2D eigenvalue weighted by molar-refractivity contribution is 7.89. The predicted molar refractivity (Wildman–Crippen MR) is 137 cm³/mol. The number of sulfonamides is 2. The van der Waals surface area contributed by atoms with Gasteiger partial charge in [-0.2, -0.15) is 0 Å². The third kappa shape index (κ3) is 6.70. The Hall–Kier alpha value is -3.25. The molecule has 2 N–H and O–H groups in total. The predicted octanol–water partition coefficient (Wildman–Crippen LogP) is 2.40. The molecule has 36 heavy (non-hydrogen) atoms. The van der Waals surface area contributed by atoms with Gasteiger partial charge >= 0.3 is 0 Å². The molecule has 0 atom stereocenters. The van der Waals surface area contributed by atoms with Crippen molar-refractivity contribution in [1.82, 2.24) is 14.3 Å². The lowest BCUT2D eigenvalue weighted by Crippen LogP contribution is -2.27. The molecular formula is C25H29N3O6S2. The summed E-state index contributed by atoms with van der Waals surface area (Å²) < 4.78 is 59.2. The molecule has 0 saturated carbocycles. The molecule has 0 heterocycles. The Bertz CT molecular complexity index is 1410. The van der Waals surface area contributed by atoms with E-state index < -0.39 is 26.0 Å². The molecule has 9 nitrogen and oxygen atoms in total. The molecule has 1 amide bonds. The average molecular weight is 532 g/mol. The second-order valence-electron chi connectivity index (χ2n) is 8.11. The van der Waals surface area contributed by atoms with Gasteiger partial charge in [0.05, 0.1) is 12.0 Å².